The van der Waals surface area contributed by atoms with Gasteiger partial charge in [-0.2, -0.15) is 0 Å². The highest BCUT2D eigenvalue weighted by atomic mass is 32.1. The number of hydrogen-bond acceptors (Lipinski definition) is 8. The van der Waals surface area contributed by atoms with Gasteiger partial charge in [0.1, 0.15) is 5.75 Å². The van der Waals surface area contributed by atoms with Crippen LogP contribution < -0.4 is 9.47 Å². The summed E-state index contributed by atoms with van der Waals surface area (Å²) in [6, 6.07) is 8.79. The number of ketones is 1. The van der Waals surface area contributed by atoms with Gasteiger partial charge in [0.05, 0.1) is 10.2 Å². The number of thiazole rings is 1. The lowest BCUT2D eigenvalue weighted by Crippen LogP contribution is -2.09. The summed E-state index contributed by atoms with van der Waals surface area (Å²) in [6.07, 6.45) is 0. The van der Waals surface area contributed by atoms with Crippen molar-refractivity contribution < 1.29 is 29.0 Å². The average molecular weight is 371 g/mol. The number of ether oxygens (including phenoxy) is 2. The molecule has 0 spiro atoms. The van der Waals surface area contributed by atoms with E-state index in [1.54, 1.807) is 6.07 Å². The van der Waals surface area contributed by atoms with Crippen LogP contribution in [0.1, 0.15) is 29.2 Å². The number of esters is 2. The molecule has 8 heteroatoms. The number of rotatable bonds is 4. The molecule has 132 valence electrons. The highest BCUT2D eigenvalue weighted by Gasteiger charge is 2.19. The number of carbonyl (C=O) groups is 3. The van der Waals surface area contributed by atoms with Crippen molar-refractivity contribution in [3.63, 3.8) is 0 Å². The minimum Gasteiger partial charge on any atom is -0.508 e. The van der Waals surface area contributed by atoms with E-state index in [0.717, 1.165) is 11.3 Å². The highest BCUT2D eigenvalue weighted by molar-refractivity contribution is 7.20. The third-order valence-corrected chi connectivity index (χ3v) is 4.30. The van der Waals surface area contributed by atoms with Crippen LogP contribution in [0.2, 0.25) is 0 Å². The molecule has 3 rings (SSSR count). The maximum atomic E-state index is 12.7. The molecule has 1 heterocycles. The Labute approximate surface area is 151 Å². The van der Waals surface area contributed by atoms with E-state index in [1.165, 1.54) is 44.2 Å². The van der Waals surface area contributed by atoms with Crippen molar-refractivity contribution in [3.05, 3.63) is 47.0 Å². The minimum atomic E-state index is -0.613. The molecule has 0 atom stereocenters. The molecule has 0 fully saturated rings. The van der Waals surface area contributed by atoms with Gasteiger partial charge in [-0.25, -0.2) is 4.98 Å². The summed E-state index contributed by atoms with van der Waals surface area (Å²) in [5, 5.41) is 9.74. The van der Waals surface area contributed by atoms with Gasteiger partial charge in [-0.1, -0.05) is 0 Å². The predicted octanol–water partition coefficient (Wildman–Crippen LogP) is 3.08. The molecule has 0 aliphatic rings. The van der Waals surface area contributed by atoms with Crippen molar-refractivity contribution in [1.29, 1.82) is 0 Å². The quantitative estimate of drug-likeness (QED) is 0.427. The monoisotopic (exact) mass is 371 g/mol. The van der Waals surface area contributed by atoms with Crippen molar-refractivity contribution in [2.45, 2.75) is 13.8 Å². The number of nitrogens with zero attached hydrogens (tertiary/aromatic N) is 1. The second-order valence-electron chi connectivity index (χ2n) is 5.35. The Bertz CT molecular complexity index is 1040. The molecule has 0 saturated carbocycles. The molecule has 0 saturated heterocycles. The van der Waals surface area contributed by atoms with Crippen molar-refractivity contribution in [2.75, 3.05) is 0 Å². The molecule has 0 aliphatic carbocycles. The lowest BCUT2D eigenvalue weighted by atomic mass is 10.1. The minimum absolute atomic E-state index is 0.0303. The molecule has 0 radical (unpaired) electrons. The number of hydrogen-bond donors (Lipinski definition) is 1. The molecule has 26 heavy (non-hydrogen) atoms. The molecule has 1 N–H and O–H groups in total. The van der Waals surface area contributed by atoms with E-state index in [0.29, 0.717) is 10.2 Å². The largest absolute Gasteiger partial charge is 0.508 e. The zero-order valence-electron chi connectivity index (χ0n) is 13.8. The molecular formula is C18H13NO6S. The Balaban J connectivity index is 1.99. The van der Waals surface area contributed by atoms with Crippen LogP contribution in [0.5, 0.6) is 17.2 Å². The number of aromatic nitrogens is 1. The van der Waals surface area contributed by atoms with E-state index in [4.69, 9.17) is 9.47 Å². The molecule has 0 unspecified atom stereocenters. The van der Waals surface area contributed by atoms with Crippen molar-refractivity contribution in [1.82, 2.24) is 4.98 Å². The average Bonchev–Trinajstić information content (AvgIpc) is 2.98. The smallest absolute Gasteiger partial charge is 0.308 e. The summed E-state index contributed by atoms with van der Waals surface area (Å²) in [7, 11) is 0. The predicted molar refractivity (Wildman–Crippen MR) is 93.8 cm³/mol. The molecule has 0 bridgehead atoms. The van der Waals surface area contributed by atoms with Crippen LogP contribution in [0.3, 0.4) is 0 Å². The van der Waals surface area contributed by atoms with Gasteiger partial charge in [0.15, 0.2) is 16.5 Å². The lowest BCUT2D eigenvalue weighted by Gasteiger charge is -2.09. The number of phenols is 1. The molecule has 2 aromatic carbocycles. The van der Waals surface area contributed by atoms with E-state index in [9.17, 15) is 19.5 Å². The molecular weight excluding hydrogens is 358 g/mol. The molecule has 0 aliphatic heterocycles. The first-order valence-corrected chi connectivity index (χ1v) is 8.30. The van der Waals surface area contributed by atoms with E-state index in [1.807, 2.05) is 0 Å². The first kappa shape index (κ1) is 17.6. The molecule has 0 amide bonds. The van der Waals surface area contributed by atoms with Gasteiger partial charge in [-0.15, -0.1) is 11.3 Å². The Morgan fingerprint density at radius 3 is 2.35 bits per heavy atom. The highest BCUT2D eigenvalue weighted by Crippen LogP contribution is 2.32. The van der Waals surface area contributed by atoms with Crippen LogP contribution in [0, 0.1) is 0 Å². The molecule has 3 aromatic rings. The second-order valence-corrected chi connectivity index (χ2v) is 6.38. The summed E-state index contributed by atoms with van der Waals surface area (Å²) >= 11 is 1.14. The van der Waals surface area contributed by atoms with Crippen LogP contribution in [-0.2, 0) is 9.59 Å². The molecule has 7 nitrogen and oxygen atoms in total. The zero-order valence-corrected chi connectivity index (χ0v) is 14.6. The maximum Gasteiger partial charge on any atom is 0.308 e. The maximum absolute atomic E-state index is 12.7. The summed E-state index contributed by atoms with van der Waals surface area (Å²) in [4.78, 5) is 39.4. The fraction of sp³-hybridized carbons (Fsp3) is 0.111. The Hall–Kier alpha value is -3.26. The summed E-state index contributed by atoms with van der Waals surface area (Å²) < 4.78 is 10.7. The number of carbonyl (C=O) groups excluding carboxylic acids is 3. The zero-order chi connectivity index (χ0) is 18.8. The van der Waals surface area contributed by atoms with Gasteiger partial charge in [-0.3, -0.25) is 14.4 Å². The molecule has 1 aromatic heterocycles. The number of fused-ring (bicyclic) bond motifs is 1. The fourth-order valence-electron chi connectivity index (χ4n) is 2.26. The normalized spacial score (nSPS) is 10.5. The summed E-state index contributed by atoms with van der Waals surface area (Å²) in [5.74, 6) is -1.48. The van der Waals surface area contributed by atoms with E-state index in [2.05, 4.69) is 4.98 Å². The van der Waals surface area contributed by atoms with E-state index < -0.39 is 11.9 Å². The van der Waals surface area contributed by atoms with Gasteiger partial charge in [0.25, 0.3) is 0 Å². The van der Waals surface area contributed by atoms with Gasteiger partial charge in [-0.05, 0) is 36.4 Å². The fourth-order valence-corrected chi connectivity index (χ4v) is 3.22. The Kier molecular flexibility index (Phi) is 4.68. The van der Waals surface area contributed by atoms with Gasteiger partial charge >= 0.3 is 11.9 Å². The number of benzene rings is 2. The Morgan fingerprint density at radius 1 is 0.962 bits per heavy atom. The number of phenolic OH excluding ortho intramolecular Hbond substituents is 1. The van der Waals surface area contributed by atoms with Crippen molar-refractivity contribution >= 4 is 39.3 Å². The van der Waals surface area contributed by atoms with Crippen LogP contribution in [0.4, 0.5) is 0 Å². The van der Waals surface area contributed by atoms with Crippen LogP contribution in [-0.4, -0.2) is 27.8 Å². The first-order valence-electron chi connectivity index (χ1n) is 7.48. The van der Waals surface area contributed by atoms with Crippen LogP contribution in [0.25, 0.3) is 10.2 Å². The van der Waals surface area contributed by atoms with E-state index >= 15 is 0 Å². The number of aromatic hydroxyl groups is 1. The van der Waals surface area contributed by atoms with Gasteiger partial charge in [0, 0.05) is 19.4 Å². The SMILES string of the molecule is CC(=O)Oc1ccc(C(=O)c2nc3ccc(O)cc3s2)cc1OC(C)=O. The van der Waals surface area contributed by atoms with Gasteiger partial charge in [0.2, 0.25) is 5.78 Å². The van der Waals surface area contributed by atoms with Crippen molar-refractivity contribution in [2.24, 2.45) is 0 Å². The third kappa shape index (κ3) is 3.70. The standard InChI is InChI=1S/C18H13NO6S/c1-9(20)24-14-6-3-11(7-15(14)25-10(2)21)17(23)18-19-13-5-4-12(22)8-16(13)26-18/h3-8,22H,1-2H3. The lowest BCUT2D eigenvalue weighted by molar-refractivity contribution is -0.134. The van der Waals surface area contributed by atoms with Gasteiger partial charge < -0.3 is 14.6 Å². The van der Waals surface area contributed by atoms with Crippen LogP contribution >= 0.6 is 11.3 Å². The van der Waals surface area contributed by atoms with E-state index in [-0.39, 0.29) is 33.6 Å². The second kappa shape index (κ2) is 6.93. The summed E-state index contributed by atoms with van der Waals surface area (Å²) in [6.45, 7) is 2.42. The van der Waals surface area contributed by atoms with Crippen LogP contribution in [0.15, 0.2) is 36.4 Å². The summed E-state index contributed by atoms with van der Waals surface area (Å²) in [5.41, 5.74) is 0.813. The Morgan fingerprint density at radius 2 is 1.65 bits per heavy atom. The first-order chi connectivity index (χ1) is 12.3. The topological polar surface area (TPSA) is 103 Å². The third-order valence-electron chi connectivity index (χ3n) is 3.28. The van der Waals surface area contributed by atoms with Crippen molar-refractivity contribution in [3.8, 4) is 17.2 Å².